The molecule has 29 heavy (non-hydrogen) atoms. The molecule has 1 spiro atoms. The Hall–Kier alpha value is -2.25. The molecule has 6 atom stereocenters. The zero-order valence-electron chi connectivity index (χ0n) is 17.2. The number of allylic oxidation sites excluding steroid dienone is 1. The highest BCUT2D eigenvalue weighted by Gasteiger charge is 2.82. The van der Waals surface area contributed by atoms with Crippen LogP contribution in [0.3, 0.4) is 0 Å². The van der Waals surface area contributed by atoms with Gasteiger partial charge in [0.15, 0.2) is 5.72 Å². The Morgan fingerprint density at radius 3 is 2.83 bits per heavy atom. The smallest absolute Gasteiger partial charge is 0.310 e. The first-order valence-corrected chi connectivity index (χ1v) is 10.3. The van der Waals surface area contributed by atoms with Crippen molar-refractivity contribution in [1.29, 1.82) is 0 Å². The lowest BCUT2D eigenvalue weighted by molar-refractivity contribution is -0.161. The van der Waals surface area contributed by atoms with E-state index in [-0.39, 0.29) is 30.1 Å². The van der Waals surface area contributed by atoms with E-state index in [0.717, 1.165) is 36.4 Å². The van der Waals surface area contributed by atoms with Gasteiger partial charge in [-0.25, -0.2) is 0 Å². The molecule has 1 saturated carbocycles. The number of hydrogen-bond acceptors (Lipinski definition) is 7. The van der Waals surface area contributed by atoms with E-state index in [1.165, 1.54) is 12.7 Å². The summed E-state index contributed by atoms with van der Waals surface area (Å²) >= 11 is 0. The predicted octanol–water partition coefficient (Wildman–Crippen LogP) is 2.26. The third-order valence-corrected chi connectivity index (χ3v) is 8.12. The van der Waals surface area contributed by atoms with Crippen molar-refractivity contribution in [1.82, 2.24) is 4.90 Å². The van der Waals surface area contributed by atoms with Gasteiger partial charge in [0.2, 0.25) is 0 Å². The maximum atomic E-state index is 13.3. The summed E-state index contributed by atoms with van der Waals surface area (Å²) in [4.78, 5) is 15.8. The number of anilines is 1. The maximum absolute atomic E-state index is 13.3. The molecule has 4 fully saturated rings. The molecule has 0 amide bonds. The van der Waals surface area contributed by atoms with Crippen LogP contribution in [-0.2, 0) is 19.7 Å². The number of nitrogens with zero attached hydrogens (tertiary/aromatic N) is 1. The molecule has 7 heteroatoms. The fraction of sp³-hybridized carbons (Fsp3) is 0.591. The zero-order chi connectivity index (χ0) is 20.1. The Balaban J connectivity index is 1.66. The lowest BCUT2D eigenvalue weighted by atomic mass is 9.49. The second kappa shape index (κ2) is 5.46. The van der Waals surface area contributed by atoms with Crippen LogP contribution in [0, 0.1) is 11.8 Å². The number of methoxy groups -OCH3 is 3. The van der Waals surface area contributed by atoms with Gasteiger partial charge < -0.3 is 24.3 Å². The second-order valence-corrected chi connectivity index (χ2v) is 8.76. The van der Waals surface area contributed by atoms with Crippen LogP contribution in [0.4, 0.5) is 5.69 Å². The summed E-state index contributed by atoms with van der Waals surface area (Å²) in [7, 11) is 4.81. The van der Waals surface area contributed by atoms with Crippen LogP contribution in [-0.4, -0.2) is 56.7 Å². The number of ether oxygens (including phenoxy) is 4. The van der Waals surface area contributed by atoms with Gasteiger partial charge in [0, 0.05) is 19.0 Å². The van der Waals surface area contributed by atoms with Crippen LogP contribution < -0.4 is 14.8 Å². The first-order valence-electron chi connectivity index (χ1n) is 10.3. The summed E-state index contributed by atoms with van der Waals surface area (Å²) in [6, 6.07) is 4.15. The molecule has 5 aliphatic rings. The van der Waals surface area contributed by atoms with E-state index < -0.39 is 11.1 Å². The third kappa shape index (κ3) is 1.73. The minimum atomic E-state index is -0.645. The average Bonchev–Trinajstić information content (AvgIpc) is 3.34. The topological polar surface area (TPSA) is 69.3 Å². The van der Waals surface area contributed by atoms with Crippen molar-refractivity contribution in [2.75, 3.05) is 33.2 Å². The Bertz CT molecular complexity index is 961. The van der Waals surface area contributed by atoms with E-state index in [1.807, 2.05) is 6.07 Å². The van der Waals surface area contributed by atoms with E-state index in [9.17, 15) is 4.79 Å². The second-order valence-electron chi connectivity index (χ2n) is 8.76. The van der Waals surface area contributed by atoms with Crippen LogP contribution in [0.1, 0.15) is 25.3 Å². The average molecular weight is 398 g/mol. The fourth-order valence-corrected chi connectivity index (χ4v) is 7.10. The highest BCUT2D eigenvalue weighted by molar-refractivity contribution is 5.83. The minimum absolute atomic E-state index is 0.0128. The number of nitrogens with one attached hydrogen (secondary N) is 1. The molecule has 1 N–H and O–H groups in total. The number of carbonyl (C=O) groups excluding carboxylic acids is 1. The number of esters is 1. The van der Waals surface area contributed by atoms with Gasteiger partial charge in [-0.05, 0) is 30.9 Å². The molecule has 6 unspecified atom stereocenters. The Morgan fingerprint density at radius 2 is 2.14 bits per heavy atom. The minimum Gasteiger partial charge on any atom is -0.497 e. The molecule has 4 bridgehead atoms. The number of hydrogen-bond donors (Lipinski definition) is 1. The van der Waals surface area contributed by atoms with Gasteiger partial charge in [0.05, 0.1) is 44.4 Å². The van der Waals surface area contributed by atoms with E-state index in [1.54, 1.807) is 14.2 Å². The summed E-state index contributed by atoms with van der Waals surface area (Å²) in [5.41, 5.74) is 2.12. The first-order chi connectivity index (χ1) is 14.0. The normalized spacial score (nSPS) is 41.9. The Kier molecular flexibility index (Phi) is 3.31. The quantitative estimate of drug-likeness (QED) is 0.619. The lowest BCUT2D eigenvalue weighted by Gasteiger charge is -2.60. The molecule has 6 rings (SSSR count). The summed E-state index contributed by atoms with van der Waals surface area (Å²) in [6.07, 6.45) is 3.81. The number of piperidine rings is 2. The van der Waals surface area contributed by atoms with Crippen LogP contribution in [0.25, 0.3) is 0 Å². The standard InChI is InChI=1S/C22H26N2O5/c1-5-11-10-24-16-8-13(11)18(20(25)28-4)21-9-17(24)29-22(16,21)23-19-14(21)6-12(26-2)7-15(19)27-3/h5-7,13,16-18,23H,8-10H2,1-4H3/b11-5+. The molecule has 4 aliphatic heterocycles. The largest absolute Gasteiger partial charge is 0.497 e. The van der Waals surface area contributed by atoms with Crippen molar-refractivity contribution >= 4 is 11.7 Å². The SMILES string of the molecule is C/C=C1\CN2C3CC45c6cc(OC)cc(OC)c6NC4(O3)C2CC1C5C(=O)OC. The highest BCUT2D eigenvalue weighted by Crippen LogP contribution is 2.73. The van der Waals surface area contributed by atoms with Gasteiger partial charge >= 0.3 is 5.97 Å². The number of carbonyl (C=O) groups is 1. The van der Waals surface area contributed by atoms with E-state index in [2.05, 4.69) is 29.3 Å². The molecule has 1 aromatic rings. The van der Waals surface area contributed by atoms with Crippen molar-refractivity contribution in [3.8, 4) is 11.5 Å². The number of rotatable bonds is 3. The van der Waals surface area contributed by atoms with Gasteiger partial charge in [-0.15, -0.1) is 0 Å². The molecule has 7 nitrogen and oxygen atoms in total. The van der Waals surface area contributed by atoms with Crippen LogP contribution >= 0.6 is 0 Å². The molecular weight excluding hydrogens is 372 g/mol. The first kappa shape index (κ1) is 17.6. The summed E-state index contributed by atoms with van der Waals surface area (Å²) < 4.78 is 23.4. The van der Waals surface area contributed by atoms with Gasteiger partial charge in [-0.2, -0.15) is 0 Å². The van der Waals surface area contributed by atoms with Crippen molar-refractivity contribution < 1.29 is 23.7 Å². The zero-order valence-corrected chi connectivity index (χ0v) is 17.2. The van der Waals surface area contributed by atoms with E-state index in [4.69, 9.17) is 18.9 Å². The summed E-state index contributed by atoms with van der Waals surface area (Å²) in [6.45, 7) is 2.92. The molecule has 0 radical (unpaired) electrons. The summed E-state index contributed by atoms with van der Waals surface area (Å²) in [5, 5.41) is 3.72. The molecule has 0 aromatic heterocycles. The Morgan fingerprint density at radius 1 is 1.31 bits per heavy atom. The Labute approximate surface area is 169 Å². The third-order valence-electron chi connectivity index (χ3n) is 8.12. The van der Waals surface area contributed by atoms with Crippen molar-refractivity contribution in [3.05, 3.63) is 29.3 Å². The van der Waals surface area contributed by atoms with Gasteiger partial charge in [0.1, 0.15) is 17.7 Å². The number of benzene rings is 1. The molecule has 1 aliphatic carbocycles. The van der Waals surface area contributed by atoms with Crippen LogP contribution in [0.5, 0.6) is 11.5 Å². The van der Waals surface area contributed by atoms with Crippen molar-refractivity contribution in [3.63, 3.8) is 0 Å². The summed E-state index contributed by atoms with van der Waals surface area (Å²) in [5.74, 6) is 1.11. The molecule has 3 saturated heterocycles. The van der Waals surface area contributed by atoms with Crippen LogP contribution in [0.2, 0.25) is 0 Å². The van der Waals surface area contributed by atoms with Crippen molar-refractivity contribution in [2.45, 2.75) is 43.2 Å². The molecule has 154 valence electrons. The molecule has 1 aromatic carbocycles. The molecular formula is C22H26N2O5. The van der Waals surface area contributed by atoms with Crippen LogP contribution in [0.15, 0.2) is 23.8 Å². The van der Waals surface area contributed by atoms with E-state index >= 15 is 0 Å². The highest BCUT2D eigenvalue weighted by atomic mass is 16.6. The van der Waals surface area contributed by atoms with Gasteiger partial charge in [0.25, 0.3) is 0 Å². The predicted molar refractivity (Wildman–Crippen MR) is 105 cm³/mol. The van der Waals surface area contributed by atoms with Gasteiger partial charge in [-0.1, -0.05) is 11.6 Å². The molecule has 4 heterocycles. The fourth-order valence-electron chi connectivity index (χ4n) is 7.10. The lowest BCUT2D eigenvalue weighted by Crippen LogP contribution is -2.73. The van der Waals surface area contributed by atoms with E-state index in [0.29, 0.717) is 5.75 Å². The monoisotopic (exact) mass is 398 g/mol. The number of fused-ring (bicyclic) bond motifs is 4. The van der Waals surface area contributed by atoms with Crippen molar-refractivity contribution in [2.24, 2.45) is 11.8 Å². The maximum Gasteiger partial charge on any atom is 0.310 e. The van der Waals surface area contributed by atoms with Gasteiger partial charge in [-0.3, -0.25) is 9.69 Å².